The van der Waals surface area contributed by atoms with Gasteiger partial charge in [0.25, 0.3) is 0 Å². The Balaban J connectivity index is 1.79. The lowest BCUT2D eigenvalue weighted by molar-refractivity contribution is -0.118. The molecule has 0 spiro atoms. The number of rotatable bonds is 7. The third-order valence-electron chi connectivity index (χ3n) is 2.55. The van der Waals surface area contributed by atoms with Gasteiger partial charge in [-0.1, -0.05) is 0 Å². The van der Waals surface area contributed by atoms with Crippen LogP contribution >= 0.6 is 11.3 Å². The highest BCUT2D eigenvalue weighted by Gasteiger charge is 1.98. The van der Waals surface area contributed by atoms with Crippen LogP contribution in [0.5, 0.6) is 5.75 Å². The Morgan fingerprint density at radius 1 is 1.26 bits per heavy atom. The number of nitrogens with one attached hydrogen (secondary N) is 1. The van der Waals surface area contributed by atoms with E-state index in [0.717, 1.165) is 18.0 Å². The second kappa shape index (κ2) is 6.80. The van der Waals surface area contributed by atoms with Gasteiger partial charge in [-0.05, 0) is 46.7 Å². The summed E-state index contributed by atoms with van der Waals surface area (Å²) in [5, 5.41) is 7.51. The molecule has 2 rings (SSSR count). The highest BCUT2D eigenvalue weighted by Crippen LogP contribution is 2.17. The van der Waals surface area contributed by atoms with Gasteiger partial charge in [-0.25, -0.2) is 0 Å². The fourth-order valence-corrected chi connectivity index (χ4v) is 2.20. The predicted octanol–water partition coefficient (Wildman–Crippen LogP) is 2.61. The smallest absolute Gasteiger partial charge is 0.220 e. The van der Waals surface area contributed by atoms with Crippen LogP contribution < -0.4 is 15.8 Å². The summed E-state index contributed by atoms with van der Waals surface area (Å²) in [5.74, 6) is 0.386. The van der Waals surface area contributed by atoms with Gasteiger partial charge in [0.2, 0.25) is 5.91 Å². The maximum absolute atomic E-state index is 10.6. The summed E-state index contributed by atoms with van der Waals surface area (Å²) < 4.78 is 5.40. The lowest BCUT2D eigenvalue weighted by Gasteiger charge is -2.08. The van der Waals surface area contributed by atoms with E-state index in [1.54, 1.807) is 11.3 Å². The van der Waals surface area contributed by atoms with Crippen molar-refractivity contribution in [1.29, 1.82) is 0 Å². The van der Waals surface area contributed by atoms with E-state index in [9.17, 15) is 4.79 Å². The normalized spacial score (nSPS) is 10.1. The summed E-state index contributed by atoms with van der Waals surface area (Å²) in [4.78, 5) is 10.6. The van der Waals surface area contributed by atoms with Gasteiger partial charge in [-0.3, -0.25) is 4.79 Å². The van der Waals surface area contributed by atoms with E-state index in [1.807, 2.05) is 24.3 Å². The minimum Gasteiger partial charge on any atom is -0.493 e. The highest BCUT2D eigenvalue weighted by atomic mass is 32.1. The van der Waals surface area contributed by atoms with Gasteiger partial charge in [0, 0.05) is 12.2 Å². The minimum absolute atomic E-state index is 0.234. The monoisotopic (exact) mass is 276 g/mol. The van der Waals surface area contributed by atoms with Crippen LogP contribution in [0.25, 0.3) is 0 Å². The first-order chi connectivity index (χ1) is 9.24. The number of amides is 1. The van der Waals surface area contributed by atoms with E-state index in [4.69, 9.17) is 10.5 Å². The molecule has 2 aromatic rings. The topological polar surface area (TPSA) is 64.4 Å². The fourth-order valence-electron chi connectivity index (χ4n) is 1.54. The van der Waals surface area contributed by atoms with Crippen molar-refractivity contribution >= 4 is 22.9 Å². The molecule has 0 aliphatic carbocycles. The van der Waals surface area contributed by atoms with Crippen LogP contribution in [0.1, 0.15) is 12.0 Å². The summed E-state index contributed by atoms with van der Waals surface area (Å²) in [6, 6.07) is 9.74. The number of anilines is 1. The maximum atomic E-state index is 10.6. The second-order valence-corrected chi connectivity index (χ2v) is 4.85. The highest BCUT2D eigenvalue weighted by molar-refractivity contribution is 7.07. The quantitative estimate of drug-likeness (QED) is 0.817. The molecule has 1 heterocycles. The summed E-state index contributed by atoms with van der Waals surface area (Å²) in [7, 11) is 0. The Morgan fingerprint density at radius 2 is 2.05 bits per heavy atom. The van der Waals surface area contributed by atoms with Crippen molar-refractivity contribution in [2.75, 3.05) is 11.9 Å². The van der Waals surface area contributed by atoms with Crippen LogP contribution in [0.3, 0.4) is 0 Å². The van der Waals surface area contributed by atoms with E-state index >= 15 is 0 Å². The van der Waals surface area contributed by atoms with E-state index in [-0.39, 0.29) is 12.3 Å². The number of ether oxygens (including phenoxy) is 1. The minimum atomic E-state index is -0.353. The Labute approximate surface area is 116 Å². The third kappa shape index (κ3) is 4.63. The van der Waals surface area contributed by atoms with Gasteiger partial charge in [0.1, 0.15) is 5.75 Å². The Morgan fingerprint density at radius 3 is 2.68 bits per heavy atom. The van der Waals surface area contributed by atoms with Gasteiger partial charge in [0.05, 0.1) is 13.0 Å². The molecule has 19 heavy (non-hydrogen) atoms. The fraction of sp³-hybridized carbons (Fsp3) is 0.214. The van der Waals surface area contributed by atoms with Crippen LogP contribution in [0.15, 0.2) is 41.1 Å². The molecule has 0 bridgehead atoms. The van der Waals surface area contributed by atoms with E-state index in [2.05, 4.69) is 22.1 Å². The molecule has 0 unspecified atom stereocenters. The van der Waals surface area contributed by atoms with Gasteiger partial charge in [-0.15, -0.1) is 0 Å². The first-order valence-corrected chi connectivity index (χ1v) is 6.94. The Kier molecular flexibility index (Phi) is 4.80. The molecule has 0 saturated carbocycles. The van der Waals surface area contributed by atoms with Crippen molar-refractivity contribution < 1.29 is 9.53 Å². The van der Waals surface area contributed by atoms with E-state index < -0.39 is 0 Å². The lowest BCUT2D eigenvalue weighted by atomic mass is 10.3. The van der Waals surface area contributed by atoms with Crippen LogP contribution in [0, 0.1) is 0 Å². The number of thiophene rings is 1. The molecule has 0 atom stereocenters. The van der Waals surface area contributed by atoms with Crippen LogP contribution in [0.2, 0.25) is 0 Å². The van der Waals surface area contributed by atoms with Crippen molar-refractivity contribution in [1.82, 2.24) is 0 Å². The second-order valence-electron chi connectivity index (χ2n) is 4.07. The molecule has 0 radical (unpaired) electrons. The standard InChI is InChI=1S/C14H16N2O2S/c15-14(17)5-7-18-13-3-1-12(2-4-13)16-9-11-6-8-19-10-11/h1-4,6,8,10,16H,5,7,9H2,(H2,15,17). The van der Waals surface area contributed by atoms with Crippen LogP contribution in [-0.4, -0.2) is 12.5 Å². The number of carbonyl (C=O) groups is 1. The largest absolute Gasteiger partial charge is 0.493 e. The van der Waals surface area contributed by atoms with Gasteiger partial charge in [0.15, 0.2) is 0 Å². The number of hydrogen-bond acceptors (Lipinski definition) is 4. The molecule has 0 saturated heterocycles. The van der Waals surface area contributed by atoms with Crippen molar-refractivity contribution in [2.45, 2.75) is 13.0 Å². The molecule has 1 aromatic carbocycles. The molecular formula is C14H16N2O2S. The van der Waals surface area contributed by atoms with Crippen molar-refractivity contribution in [3.8, 4) is 5.75 Å². The summed E-state index contributed by atoms with van der Waals surface area (Å²) >= 11 is 1.69. The number of carbonyl (C=O) groups excluding carboxylic acids is 1. The molecule has 1 aromatic heterocycles. The number of benzene rings is 1. The van der Waals surface area contributed by atoms with E-state index in [0.29, 0.717) is 6.61 Å². The maximum Gasteiger partial charge on any atom is 0.220 e. The molecule has 5 heteroatoms. The molecule has 0 aliphatic heterocycles. The summed E-state index contributed by atoms with van der Waals surface area (Å²) in [5.41, 5.74) is 7.34. The van der Waals surface area contributed by atoms with Crippen molar-refractivity contribution in [2.24, 2.45) is 5.73 Å². The number of primary amides is 1. The average Bonchev–Trinajstić information content (AvgIpc) is 2.90. The zero-order valence-corrected chi connectivity index (χ0v) is 11.3. The predicted molar refractivity (Wildman–Crippen MR) is 77.4 cm³/mol. The van der Waals surface area contributed by atoms with Gasteiger partial charge in [-0.2, -0.15) is 11.3 Å². The van der Waals surface area contributed by atoms with Crippen molar-refractivity contribution in [3.63, 3.8) is 0 Å². The van der Waals surface area contributed by atoms with Gasteiger partial charge < -0.3 is 15.8 Å². The molecule has 3 N–H and O–H groups in total. The van der Waals surface area contributed by atoms with Crippen LogP contribution in [0.4, 0.5) is 5.69 Å². The van der Waals surface area contributed by atoms with Crippen molar-refractivity contribution in [3.05, 3.63) is 46.7 Å². The Hall–Kier alpha value is -2.01. The molecule has 0 fully saturated rings. The first-order valence-electron chi connectivity index (χ1n) is 6.00. The zero-order chi connectivity index (χ0) is 13.5. The Bertz CT molecular complexity index is 509. The van der Waals surface area contributed by atoms with Gasteiger partial charge >= 0.3 is 0 Å². The number of hydrogen-bond donors (Lipinski definition) is 2. The first kappa shape index (κ1) is 13.4. The molecule has 100 valence electrons. The molecule has 0 aliphatic rings. The average molecular weight is 276 g/mol. The molecule has 1 amide bonds. The SMILES string of the molecule is NC(=O)CCOc1ccc(NCc2ccsc2)cc1. The summed E-state index contributed by atoms with van der Waals surface area (Å²) in [6.45, 7) is 1.13. The van der Waals surface area contributed by atoms with Crippen LogP contribution in [-0.2, 0) is 11.3 Å². The lowest BCUT2D eigenvalue weighted by Crippen LogP contribution is -2.14. The summed E-state index contributed by atoms with van der Waals surface area (Å²) in [6.07, 6.45) is 0.234. The number of nitrogens with two attached hydrogens (primary N) is 1. The molecular weight excluding hydrogens is 260 g/mol. The zero-order valence-electron chi connectivity index (χ0n) is 10.5. The molecule has 4 nitrogen and oxygen atoms in total. The van der Waals surface area contributed by atoms with E-state index in [1.165, 1.54) is 5.56 Å². The third-order valence-corrected chi connectivity index (χ3v) is 3.28.